The molecule has 0 spiro atoms. The zero-order valence-electron chi connectivity index (χ0n) is 6.87. The molecular weight excluding hydrogens is 152 g/mol. The molecular formula is C9H10N2O. The molecule has 0 aromatic heterocycles. The third-order valence-electron chi connectivity index (χ3n) is 1.92. The lowest BCUT2D eigenvalue weighted by molar-refractivity contribution is 0.125. The Bertz CT molecular complexity index is 344. The zero-order chi connectivity index (χ0) is 8.55. The van der Waals surface area contributed by atoms with Gasteiger partial charge >= 0.3 is 0 Å². The van der Waals surface area contributed by atoms with Gasteiger partial charge in [0.25, 0.3) is 0 Å². The van der Waals surface area contributed by atoms with E-state index in [1.807, 2.05) is 25.1 Å². The van der Waals surface area contributed by atoms with Gasteiger partial charge in [0, 0.05) is 11.1 Å². The maximum absolute atomic E-state index is 5.64. The summed E-state index contributed by atoms with van der Waals surface area (Å²) in [4.78, 5) is 4.91. The molecule has 0 radical (unpaired) electrons. The van der Waals surface area contributed by atoms with Gasteiger partial charge in [-0.2, -0.15) is 0 Å². The Morgan fingerprint density at radius 3 is 3.17 bits per heavy atom. The number of benzene rings is 1. The first-order valence-electron chi connectivity index (χ1n) is 3.83. The minimum absolute atomic E-state index is 0.472. The number of amidine groups is 1. The molecule has 3 heteroatoms. The topological polar surface area (TPSA) is 47.6 Å². The highest BCUT2D eigenvalue weighted by Crippen LogP contribution is 2.16. The lowest BCUT2D eigenvalue weighted by Crippen LogP contribution is -2.20. The van der Waals surface area contributed by atoms with Crippen LogP contribution in [0.15, 0.2) is 23.4 Å². The lowest BCUT2D eigenvalue weighted by Gasteiger charge is -2.13. The van der Waals surface area contributed by atoms with Crippen LogP contribution >= 0.6 is 0 Å². The molecule has 0 saturated heterocycles. The first-order chi connectivity index (χ1) is 5.77. The fourth-order valence-electron chi connectivity index (χ4n) is 1.28. The Labute approximate surface area is 70.8 Å². The van der Waals surface area contributed by atoms with Gasteiger partial charge in [-0.1, -0.05) is 22.9 Å². The van der Waals surface area contributed by atoms with Crippen molar-refractivity contribution in [2.45, 2.75) is 13.5 Å². The summed E-state index contributed by atoms with van der Waals surface area (Å²) in [5, 5.41) is 3.71. The van der Waals surface area contributed by atoms with Crippen LogP contribution in [0.5, 0.6) is 0 Å². The average molecular weight is 162 g/mol. The van der Waals surface area contributed by atoms with Crippen molar-refractivity contribution in [1.82, 2.24) is 0 Å². The summed E-state index contributed by atoms with van der Waals surface area (Å²) in [7, 11) is 0. The minimum Gasteiger partial charge on any atom is -0.389 e. The van der Waals surface area contributed by atoms with Crippen LogP contribution in [0, 0.1) is 6.92 Å². The molecule has 1 aromatic rings. The molecule has 0 fully saturated rings. The zero-order valence-corrected chi connectivity index (χ0v) is 6.87. The first-order valence-corrected chi connectivity index (χ1v) is 3.83. The van der Waals surface area contributed by atoms with Gasteiger partial charge in [-0.3, -0.25) is 0 Å². The van der Waals surface area contributed by atoms with Crippen molar-refractivity contribution in [3.8, 4) is 0 Å². The van der Waals surface area contributed by atoms with Crippen LogP contribution in [0.4, 0.5) is 0 Å². The van der Waals surface area contributed by atoms with Gasteiger partial charge in [0.1, 0.15) is 6.61 Å². The number of fused-ring (bicyclic) bond motifs is 1. The number of nitrogens with zero attached hydrogens (tertiary/aromatic N) is 1. The summed E-state index contributed by atoms with van der Waals surface area (Å²) in [5.74, 6) is 0.472. The molecule has 62 valence electrons. The Hall–Kier alpha value is -1.51. The van der Waals surface area contributed by atoms with Crippen LogP contribution in [0.1, 0.15) is 16.7 Å². The van der Waals surface area contributed by atoms with E-state index in [0.717, 1.165) is 11.1 Å². The van der Waals surface area contributed by atoms with E-state index < -0.39 is 0 Å². The standard InChI is InChI=1S/C9H10N2O/c1-6-2-3-7-5-12-11-9(10)8(7)4-6/h2-4H,5H2,1H3,(H2,10,11). The number of hydrogen-bond acceptors (Lipinski definition) is 3. The molecule has 0 saturated carbocycles. The number of rotatable bonds is 0. The third-order valence-corrected chi connectivity index (χ3v) is 1.92. The molecule has 12 heavy (non-hydrogen) atoms. The van der Waals surface area contributed by atoms with Gasteiger partial charge in [0.15, 0.2) is 5.84 Å². The normalized spacial score (nSPS) is 14.6. The Morgan fingerprint density at radius 1 is 1.50 bits per heavy atom. The quantitative estimate of drug-likeness (QED) is 0.622. The van der Waals surface area contributed by atoms with Crippen molar-refractivity contribution in [2.24, 2.45) is 10.9 Å². The van der Waals surface area contributed by atoms with Gasteiger partial charge in [-0.05, 0) is 13.0 Å². The number of hydrogen-bond donors (Lipinski definition) is 1. The monoisotopic (exact) mass is 162 g/mol. The minimum atomic E-state index is 0.472. The highest BCUT2D eigenvalue weighted by atomic mass is 16.6. The highest BCUT2D eigenvalue weighted by Gasteiger charge is 2.11. The van der Waals surface area contributed by atoms with Crippen molar-refractivity contribution in [3.63, 3.8) is 0 Å². The number of oxime groups is 1. The molecule has 2 rings (SSSR count). The second kappa shape index (κ2) is 2.52. The maximum Gasteiger partial charge on any atom is 0.170 e. The Kier molecular flexibility index (Phi) is 1.50. The fraction of sp³-hybridized carbons (Fsp3) is 0.222. The molecule has 0 amide bonds. The second-order valence-corrected chi connectivity index (χ2v) is 2.91. The average Bonchev–Trinajstić information content (AvgIpc) is 2.07. The van der Waals surface area contributed by atoms with Crippen molar-refractivity contribution in [2.75, 3.05) is 0 Å². The lowest BCUT2D eigenvalue weighted by atomic mass is 10.0. The van der Waals surface area contributed by atoms with Gasteiger partial charge in [0.05, 0.1) is 0 Å². The third kappa shape index (κ3) is 1.03. The van der Waals surface area contributed by atoms with Crippen LogP contribution < -0.4 is 5.73 Å². The molecule has 2 N–H and O–H groups in total. The van der Waals surface area contributed by atoms with E-state index in [1.54, 1.807) is 0 Å². The summed E-state index contributed by atoms with van der Waals surface area (Å²) in [6, 6.07) is 6.09. The van der Waals surface area contributed by atoms with Gasteiger partial charge in [0.2, 0.25) is 0 Å². The summed E-state index contributed by atoms with van der Waals surface area (Å²) >= 11 is 0. The van der Waals surface area contributed by atoms with Crippen molar-refractivity contribution >= 4 is 5.84 Å². The Morgan fingerprint density at radius 2 is 2.33 bits per heavy atom. The van der Waals surface area contributed by atoms with Gasteiger partial charge in [-0.15, -0.1) is 0 Å². The van der Waals surface area contributed by atoms with Crippen LogP contribution in [0.3, 0.4) is 0 Å². The number of nitrogens with two attached hydrogens (primary N) is 1. The van der Waals surface area contributed by atoms with Gasteiger partial charge < -0.3 is 10.6 Å². The fourth-order valence-corrected chi connectivity index (χ4v) is 1.28. The van der Waals surface area contributed by atoms with E-state index in [0.29, 0.717) is 12.4 Å². The van der Waals surface area contributed by atoms with E-state index in [9.17, 15) is 0 Å². The summed E-state index contributed by atoms with van der Waals surface area (Å²) in [6.45, 7) is 2.55. The largest absolute Gasteiger partial charge is 0.389 e. The molecule has 1 aliphatic heterocycles. The summed E-state index contributed by atoms with van der Waals surface area (Å²) in [5.41, 5.74) is 8.93. The molecule has 0 unspecified atom stereocenters. The van der Waals surface area contributed by atoms with Crippen molar-refractivity contribution in [1.29, 1.82) is 0 Å². The van der Waals surface area contributed by atoms with E-state index in [4.69, 9.17) is 10.6 Å². The SMILES string of the molecule is Cc1ccc2c(c1)C(N)=NOC2. The van der Waals surface area contributed by atoms with Crippen molar-refractivity contribution in [3.05, 3.63) is 34.9 Å². The smallest absolute Gasteiger partial charge is 0.170 e. The molecule has 0 aliphatic carbocycles. The van der Waals surface area contributed by atoms with Crippen molar-refractivity contribution < 1.29 is 4.84 Å². The van der Waals surface area contributed by atoms with E-state index in [1.165, 1.54) is 5.56 Å². The van der Waals surface area contributed by atoms with E-state index >= 15 is 0 Å². The predicted octanol–water partition coefficient (Wildman–Crippen LogP) is 1.15. The Balaban J connectivity index is 2.58. The van der Waals surface area contributed by atoms with E-state index in [-0.39, 0.29) is 0 Å². The van der Waals surface area contributed by atoms with E-state index in [2.05, 4.69) is 5.16 Å². The summed E-state index contributed by atoms with van der Waals surface area (Å²) in [6.07, 6.45) is 0. The van der Waals surface area contributed by atoms with Crippen LogP contribution in [0.2, 0.25) is 0 Å². The van der Waals surface area contributed by atoms with Crippen LogP contribution in [-0.4, -0.2) is 5.84 Å². The van der Waals surface area contributed by atoms with Gasteiger partial charge in [-0.25, -0.2) is 0 Å². The van der Waals surface area contributed by atoms with Crippen LogP contribution in [-0.2, 0) is 11.4 Å². The first kappa shape index (κ1) is 7.16. The second-order valence-electron chi connectivity index (χ2n) is 2.91. The molecule has 1 heterocycles. The molecule has 3 nitrogen and oxygen atoms in total. The summed E-state index contributed by atoms with van der Waals surface area (Å²) < 4.78 is 0. The maximum atomic E-state index is 5.64. The van der Waals surface area contributed by atoms with Crippen LogP contribution in [0.25, 0.3) is 0 Å². The predicted molar refractivity (Wildman–Crippen MR) is 46.7 cm³/mol. The molecule has 1 aromatic carbocycles. The molecule has 0 bridgehead atoms. The molecule has 0 atom stereocenters. The number of aryl methyl sites for hydroxylation is 1. The molecule has 1 aliphatic rings. The highest BCUT2D eigenvalue weighted by molar-refractivity contribution is 5.99.